The van der Waals surface area contributed by atoms with Crippen LogP contribution in [0.15, 0.2) is 59.4 Å². The Morgan fingerprint density at radius 1 is 1.00 bits per heavy atom. The summed E-state index contributed by atoms with van der Waals surface area (Å²) in [5, 5.41) is 5.27. The number of rotatable bonds is 8. The molecule has 4 rings (SSSR count). The molecule has 2 N–H and O–H groups in total. The number of nitrogens with one attached hydrogen (secondary N) is 2. The van der Waals surface area contributed by atoms with Gasteiger partial charge in [-0.2, -0.15) is 5.10 Å². The Kier molecular flexibility index (Phi) is 8.26. The second kappa shape index (κ2) is 11.8. The first-order valence-electron chi connectivity index (χ1n) is 12.4. The fraction of sp³-hybridized carbons (Fsp3) is 0.407. The van der Waals surface area contributed by atoms with Gasteiger partial charge >= 0.3 is 0 Å². The van der Waals surface area contributed by atoms with E-state index >= 15 is 0 Å². The average Bonchev–Trinajstić information content (AvgIpc) is 2.89. The highest BCUT2D eigenvalue weighted by molar-refractivity contribution is 6.05. The lowest BCUT2D eigenvalue weighted by molar-refractivity contribution is -0.127. The van der Waals surface area contributed by atoms with Gasteiger partial charge in [0.1, 0.15) is 0 Å². The predicted molar refractivity (Wildman–Crippen MR) is 136 cm³/mol. The molecule has 8 heteroatoms. The third kappa shape index (κ3) is 6.14. The van der Waals surface area contributed by atoms with Crippen molar-refractivity contribution < 1.29 is 9.59 Å². The molecule has 0 aliphatic carbocycles. The molecule has 0 saturated carbocycles. The van der Waals surface area contributed by atoms with E-state index in [0.29, 0.717) is 23.9 Å². The summed E-state index contributed by atoms with van der Waals surface area (Å²) in [5.74, 6) is -0.951. The minimum absolute atomic E-state index is 0.131. The van der Waals surface area contributed by atoms with Crippen LogP contribution in [0.25, 0.3) is 10.8 Å². The minimum Gasteiger partial charge on any atom is -0.298 e. The zero-order valence-corrected chi connectivity index (χ0v) is 20.2. The Morgan fingerprint density at radius 2 is 1.74 bits per heavy atom. The standard InChI is InChI=1S/C27H33N5O3/c1-2-3-9-17-32-27(35)23-15-8-7-14-22(23)24(30-32)26(34)29-28-25(33)21-13-10-16-31(19-21)18-20-11-5-4-6-12-20/h4-8,11-12,14-15,21H,2-3,9-10,13,16-19H2,1H3,(H,28,33)(H,29,34). The van der Waals surface area contributed by atoms with E-state index in [1.807, 2.05) is 18.2 Å². The summed E-state index contributed by atoms with van der Waals surface area (Å²) in [7, 11) is 0. The van der Waals surface area contributed by atoms with Gasteiger partial charge in [0.25, 0.3) is 11.5 Å². The Bertz CT molecular complexity index is 1220. The van der Waals surface area contributed by atoms with E-state index in [1.54, 1.807) is 24.3 Å². The predicted octanol–water partition coefficient (Wildman–Crippen LogP) is 3.26. The maximum Gasteiger partial charge on any atom is 0.290 e. The van der Waals surface area contributed by atoms with Crippen LogP contribution in [-0.4, -0.2) is 39.6 Å². The molecule has 1 aliphatic rings. The van der Waals surface area contributed by atoms with Crippen LogP contribution in [0, 0.1) is 5.92 Å². The Hall–Kier alpha value is -3.52. The second-order valence-corrected chi connectivity index (χ2v) is 9.13. The van der Waals surface area contributed by atoms with E-state index in [-0.39, 0.29) is 23.1 Å². The molecule has 1 unspecified atom stereocenters. The molecule has 1 saturated heterocycles. The van der Waals surface area contributed by atoms with Crippen LogP contribution in [0.5, 0.6) is 0 Å². The van der Waals surface area contributed by atoms with Crippen molar-refractivity contribution in [1.82, 2.24) is 25.5 Å². The highest BCUT2D eigenvalue weighted by Gasteiger charge is 2.26. The van der Waals surface area contributed by atoms with Crippen molar-refractivity contribution in [2.45, 2.75) is 52.1 Å². The van der Waals surface area contributed by atoms with Gasteiger partial charge in [0.2, 0.25) is 5.91 Å². The summed E-state index contributed by atoms with van der Waals surface area (Å²) in [5.41, 5.74) is 6.26. The van der Waals surface area contributed by atoms with Crippen LogP contribution >= 0.6 is 0 Å². The van der Waals surface area contributed by atoms with E-state index in [1.165, 1.54) is 10.2 Å². The van der Waals surface area contributed by atoms with Gasteiger partial charge in [0.05, 0.1) is 11.3 Å². The summed E-state index contributed by atoms with van der Waals surface area (Å²) in [6.07, 6.45) is 4.50. The zero-order valence-electron chi connectivity index (χ0n) is 20.2. The zero-order chi connectivity index (χ0) is 24.6. The number of likely N-dealkylation sites (tertiary alicyclic amines) is 1. The Labute approximate surface area is 205 Å². The molecule has 0 radical (unpaired) electrons. The largest absolute Gasteiger partial charge is 0.298 e. The minimum atomic E-state index is -0.532. The van der Waals surface area contributed by atoms with Crippen LogP contribution in [-0.2, 0) is 17.9 Å². The van der Waals surface area contributed by atoms with Gasteiger partial charge in [-0.05, 0) is 37.4 Å². The van der Waals surface area contributed by atoms with E-state index in [4.69, 9.17) is 0 Å². The summed E-state index contributed by atoms with van der Waals surface area (Å²) in [4.78, 5) is 41.0. The molecule has 0 spiro atoms. The summed E-state index contributed by atoms with van der Waals surface area (Å²) >= 11 is 0. The number of amides is 2. The molecule has 1 aromatic heterocycles. The molecule has 2 heterocycles. The smallest absolute Gasteiger partial charge is 0.290 e. The SMILES string of the molecule is CCCCCn1nc(C(=O)NNC(=O)C2CCCN(Cc3ccccc3)C2)c2ccccc2c1=O. The number of benzene rings is 2. The number of hydrogen-bond donors (Lipinski definition) is 2. The molecular weight excluding hydrogens is 442 g/mol. The lowest BCUT2D eigenvalue weighted by atomic mass is 9.97. The van der Waals surface area contributed by atoms with E-state index < -0.39 is 5.91 Å². The van der Waals surface area contributed by atoms with Gasteiger partial charge in [-0.1, -0.05) is 68.3 Å². The number of carbonyl (C=O) groups is 2. The maximum atomic E-state index is 13.0. The van der Waals surface area contributed by atoms with Crippen LogP contribution in [0.3, 0.4) is 0 Å². The number of hydrogen-bond acceptors (Lipinski definition) is 5. The lowest BCUT2D eigenvalue weighted by Crippen LogP contribution is -2.49. The number of unbranched alkanes of at least 4 members (excludes halogenated alkanes) is 2. The fourth-order valence-electron chi connectivity index (χ4n) is 4.60. The molecule has 2 amide bonds. The van der Waals surface area contributed by atoms with Crippen molar-refractivity contribution in [2.24, 2.45) is 5.92 Å². The summed E-state index contributed by atoms with van der Waals surface area (Å²) < 4.78 is 1.36. The molecule has 35 heavy (non-hydrogen) atoms. The van der Waals surface area contributed by atoms with Crippen molar-refractivity contribution in [3.05, 3.63) is 76.2 Å². The molecule has 1 aliphatic heterocycles. The van der Waals surface area contributed by atoms with Gasteiger partial charge in [0, 0.05) is 25.0 Å². The number of piperidine rings is 1. The topological polar surface area (TPSA) is 96.3 Å². The molecule has 1 atom stereocenters. The first-order valence-corrected chi connectivity index (χ1v) is 12.4. The number of hydrazine groups is 1. The third-order valence-electron chi connectivity index (χ3n) is 6.48. The van der Waals surface area contributed by atoms with Crippen LogP contribution < -0.4 is 16.4 Å². The lowest BCUT2D eigenvalue weighted by Gasteiger charge is -2.32. The quantitative estimate of drug-likeness (QED) is 0.385. The Balaban J connectivity index is 1.42. The average molecular weight is 476 g/mol. The normalized spacial score (nSPS) is 16.2. The van der Waals surface area contributed by atoms with Crippen molar-refractivity contribution in [1.29, 1.82) is 0 Å². The second-order valence-electron chi connectivity index (χ2n) is 9.13. The third-order valence-corrected chi connectivity index (χ3v) is 6.48. The molecule has 2 aromatic carbocycles. The summed E-state index contributed by atoms with van der Waals surface area (Å²) in [6, 6.07) is 17.2. The maximum absolute atomic E-state index is 13.0. The Morgan fingerprint density at radius 3 is 2.51 bits per heavy atom. The van der Waals surface area contributed by atoms with Gasteiger partial charge in [0.15, 0.2) is 5.69 Å². The van der Waals surface area contributed by atoms with Gasteiger partial charge in [-0.25, -0.2) is 4.68 Å². The number of fused-ring (bicyclic) bond motifs is 1. The van der Waals surface area contributed by atoms with Crippen LogP contribution in [0.4, 0.5) is 0 Å². The first-order chi connectivity index (χ1) is 17.1. The van der Waals surface area contributed by atoms with Crippen molar-refractivity contribution in [2.75, 3.05) is 13.1 Å². The number of aromatic nitrogens is 2. The van der Waals surface area contributed by atoms with Crippen LogP contribution in [0.2, 0.25) is 0 Å². The van der Waals surface area contributed by atoms with Gasteiger partial charge in [-0.3, -0.25) is 30.1 Å². The van der Waals surface area contributed by atoms with Gasteiger partial charge < -0.3 is 0 Å². The van der Waals surface area contributed by atoms with Crippen molar-refractivity contribution >= 4 is 22.6 Å². The van der Waals surface area contributed by atoms with E-state index in [9.17, 15) is 14.4 Å². The monoisotopic (exact) mass is 475 g/mol. The summed E-state index contributed by atoms with van der Waals surface area (Å²) in [6.45, 7) is 4.92. The van der Waals surface area contributed by atoms with E-state index in [2.05, 4.69) is 39.9 Å². The molecule has 3 aromatic rings. The molecule has 8 nitrogen and oxygen atoms in total. The molecule has 184 valence electrons. The van der Waals surface area contributed by atoms with Crippen molar-refractivity contribution in [3.63, 3.8) is 0 Å². The number of carbonyl (C=O) groups excluding carboxylic acids is 2. The van der Waals surface area contributed by atoms with Crippen LogP contribution in [0.1, 0.15) is 55.1 Å². The van der Waals surface area contributed by atoms with Gasteiger partial charge in [-0.15, -0.1) is 0 Å². The molecule has 1 fully saturated rings. The first kappa shape index (κ1) is 24.6. The highest BCUT2D eigenvalue weighted by atomic mass is 16.2. The number of aryl methyl sites for hydroxylation is 1. The van der Waals surface area contributed by atoms with E-state index in [0.717, 1.165) is 45.2 Å². The number of nitrogens with zero attached hydrogens (tertiary/aromatic N) is 3. The van der Waals surface area contributed by atoms with Crippen molar-refractivity contribution in [3.8, 4) is 0 Å². The highest BCUT2D eigenvalue weighted by Crippen LogP contribution is 2.19. The molecular formula is C27H33N5O3. The fourth-order valence-corrected chi connectivity index (χ4v) is 4.60. The molecule has 0 bridgehead atoms.